The van der Waals surface area contributed by atoms with E-state index in [9.17, 15) is 9.59 Å². The molecular weight excluding hydrogens is 208 g/mol. The molecule has 1 fully saturated rings. The molecule has 0 bridgehead atoms. The zero-order chi connectivity index (χ0) is 12.2. The van der Waals surface area contributed by atoms with Crippen LogP contribution in [-0.4, -0.2) is 37.8 Å². The summed E-state index contributed by atoms with van der Waals surface area (Å²) in [5.41, 5.74) is 0. The molecule has 1 aliphatic rings. The standard InChI is InChI=1S/C6H13N.C5H7NO3/c1-6-4-2-3-5-7-6;1-2-9-5(8)3-6-4-7/h6-7H,2-5H2,1H3;2-3H2,1H3. The number of aliphatic imine (C=N–C) groups is 1. The minimum atomic E-state index is -0.499. The molecule has 5 heteroatoms. The first-order valence-electron chi connectivity index (χ1n) is 5.63. The number of nitrogens with one attached hydrogen (secondary N) is 1. The molecule has 0 amide bonds. The molecule has 0 aromatic heterocycles. The molecule has 0 saturated carbocycles. The van der Waals surface area contributed by atoms with E-state index in [-0.39, 0.29) is 6.54 Å². The average Bonchev–Trinajstić information content (AvgIpc) is 2.29. The van der Waals surface area contributed by atoms with Gasteiger partial charge in [-0.3, -0.25) is 4.79 Å². The van der Waals surface area contributed by atoms with E-state index in [1.165, 1.54) is 31.9 Å². The summed E-state index contributed by atoms with van der Waals surface area (Å²) < 4.78 is 4.43. The summed E-state index contributed by atoms with van der Waals surface area (Å²) in [5.74, 6) is -0.499. The van der Waals surface area contributed by atoms with Gasteiger partial charge in [0.15, 0.2) is 0 Å². The van der Waals surface area contributed by atoms with Crippen molar-refractivity contribution in [1.82, 2.24) is 5.32 Å². The van der Waals surface area contributed by atoms with Crippen LogP contribution in [0.3, 0.4) is 0 Å². The third-order valence-corrected chi connectivity index (χ3v) is 2.13. The minimum Gasteiger partial charge on any atom is -0.465 e. The lowest BCUT2D eigenvalue weighted by molar-refractivity contribution is -0.141. The second kappa shape index (κ2) is 10.3. The van der Waals surface area contributed by atoms with Crippen LogP contribution in [0.4, 0.5) is 0 Å². The van der Waals surface area contributed by atoms with Gasteiger partial charge in [-0.1, -0.05) is 6.42 Å². The summed E-state index contributed by atoms with van der Waals surface area (Å²) in [4.78, 5) is 22.7. The maximum Gasteiger partial charge on any atom is 0.328 e. The Morgan fingerprint density at radius 1 is 1.56 bits per heavy atom. The normalized spacial score (nSPS) is 18.8. The van der Waals surface area contributed by atoms with E-state index >= 15 is 0 Å². The summed E-state index contributed by atoms with van der Waals surface area (Å²) in [7, 11) is 0. The predicted octanol–water partition coefficient (Wildman–Crippen LogP) is 1.03. The highest BCUT2D eigenvalue weighted by Gasteiger charge is 2.04. The van der Waals surface area contributed by atoms with Crippen LogP contribution in [-0.2, 0) is 14.3 Å². The Hall–Kier alpha value is -1.19. The van der Waals surface area contributed by atoms with Crippen LogP contribution in [0.2, 0.25) is 0 Å². The van der Waals surface area contributed by atoms with Crippen molar-refractivity contribution in [3.05, 3.63) is 0 Å². The lowest BCUT2D eigenvalue weighted by Gasteiger charge is -2.18. The number of isocyanates is 1. The smallest absolute Gasteiger partial charge is 0.328 e. The highest BCUT2D eigenvalue weighted by Crippen LogP contribution is 2.04. The first-order chi connectivity index (χ1) is 7.70. The third kappa shape index (κ3) is 9.37. The number of hydrogen-bond acceptors (Lipinski definition) is 5. The van der Waals surface area contributed by atoms with Gasteiger partial charge < -0.3 is 10.1 Å². The molecule has 0 aromatic carbocycles. The Labute approximate surface area is 96.3 Å². The molecule has 16 heavy (non-hydrogen) atoms. The number of hydrogen-bond donors (Lipinski definition) is 1. The zero-order valence-electron chi connectivity index (χ0n) is 9.99. The van der Waals surface area contributed by atoms with Crippen LogP contribution in [0, 0.1) is 0 Å². The summed E-state index contributed by atoms with van der Waals surface area (Å²) in [5, 5.41) is 3.38. The van der Waals surface area contributed by atoms with E-state index in [1.807, 2.05) is 0 Å². The second-order valence-corrected chi connectivity index (χ2v) is 3.56. The molecule has 1 atom stereocenters. The quantitative estimate of drug-likeness (QED) is 0.445. The second-order valence-electron chi connectivity index (χ2n) is 3.56. The van der Waals surface area contributed by atoms with Gasteiger partial charge >= 0.3 is 5.97 Å². The van der Waals surface area contributed by atoms with Crippen molar-refractivity contribution in [3.63, 3.8) is 0 Å². The van der Waals surface area contributed by atoms with E-state index in [0.29, 0.717) is 6.61 Å². The zero-order valence-corrected chi connectivity index (χ0v) is 9.99. The van der Waals surface area contributed by atoms with Crippen LogP contribution in [0.25, 0.3) is 0 Å². The van der Waals surface area contributed by atoms with E-state index in [4.69, 9.17) is 0 Å². The van der Waals surface area contributed by atoms with Gasteiger partial charge in [0.05, 0.1) is 6.61 Å². The largest absolute Gasteiger partial charge is 0.465 e. The summed E-state index contributed by atoms with van der Waals surface area (Å²) >= 11 is 0. The van der Waals surface area contributed by atoms with Gasteiger partial charge in [0, 0.05) is 6.04 Å². The molecule has 1 heterocycles. The summed E-state index contributed by atoms with van der Waals surface area (Å²) in [6.45, 7) is 5.26. The number of rotatable bonds is 3. The van der Waals surface area contributed by atoms with Crippen LogP contribution in [0.5, 0.6) is 0 Å². The van der Waals surface area contributed by atoms with Crippen molar-refractivity contribution in [2.45, 2.75) is 39.2 Å². The number of nitrogens with zero attached hydrogens (tertiary/aromatic N) is 1. The summed E-state index contributed by atoms with van der Waals surface area (Å²) in [6.07, 6.45) is 5.41. The lowest BCUT2D eigenvalue weighted by atomic mass is 10.1. The number of ether oxygens (including phenoxy) is 1. The molecular formula is C11H20N2O3. The van der Waals surface area contributed by atoms with Gasteiger partial charge in [-0.05, 0) is 33.2 Å². The van der Waals surface area contributed by atoms with Crippen molar-refractivity contribution in [1.29, 1.82) is 0 Å². The fourth-order valence-corrected chi connectivity index (χ4v) is 1.33. The van der Waals surface area contributed by atoms with Gasteiger partial charge in [-0.15, -0.1) is 0 Å². The number of piperidine rings is 1. The Bertz CT molecular complexity index is 231. The third-order valence-electron chi connectivity index (χ3n) is 2.13. The van der Waals surface area contributed by atoms with Crippen molar-refractivity contribution < 1.29 is 14.3 Å². The molecule has 1 N–H and O–H groups in total. The molecule has 0 radical (unpaired) electrons. The topological polar surface area (TPSA) is 67.8 Å². The molecule has 5 nitrogen and oxygen atoms in total. The van der Waals surface area contributed by atoms with Gasteiger partial charge in [0.25, 0.3) is 0 Å². The molecule has 0 spiro atoms. The van der Waals surface area contributed by atoms with Gasteiger partial charge in [0.1, 0.15) is 6.54 Å². The first-order valence-corrected chi connectivity index (χ1v) is 5.63. The molecule has 1 saturated heterocycles. The highest BCUT2D eigenvalue weighted by atomic mass is 16.5. The molecule has 0 aliphatic carbocycles. The average molecular weight is 228 g/mol. The van der Waals surface area contributed by atoms with Gasteiger partial charge in [-0.2, -0.15) is 4.99 Å². The molecule has 92 valence electrons. The maximum absolute atomic E-state index is 10.3. The Kier molecular flexibility index (Phi) is 9.56. The van der Waals surface area contributed by atoms with Crippen molar-refractivity contribution >= 4 is 12.0 Å². The van der Waals surface area contributed by atoms with Gasteiger partial charge in [-0.25, -0.2) is 4.79 Å². The molecule has 0 aromatic rings. The number of carbonyl (C=O) groups excluding carboxylic acids is 2. The monoisotopic (exact) mass is 228 g/mol. The predicted molar refractivity (Wildman–Crippen MR) is 60.9 cm³/mol. The molecule has 1 aliphatic heterocycles. The Balaban J connectivity index is 0.000000288. The Morgan fingerprint density at radius 2 is 2.31 bits per heavy atom. The highest BCUT2D eigenvalue weighted by molar-refractivity contribution is 5.72. The number of carbonyl (C=O) groups is 1. The van der Waals surface area contributed by atoms with Crippen molar-refractivity contribution in [2.24, 2.45) is 4.99 Å². The van der Waals surface area contributed by atoms with Gasteiger partial charge in [0.2, 0.25) is 6.08 Å². The van der Waals surface area contributed by atoms with Crippen LogP contribution >= 0.6 is 0 Å². The number of esters is 1. The molecule has 1 unspecified atom stereocenters. The Morgan fingerprint density at radius 3 is 2.69 bits per heavy atom. The van der Waals surface area contributed by atoms with Crippen molar-refractivity contribution in [2.75, 3.05) is 19.7 Å². The van der Waals surface area contributed by atoms with E-state index in [1.54, 1.807) is 6.92 Å². The fraction of sp³-hybridized carbons (Fsp3) is 0.818. The maximum atomic E-state index is 10.3. The lowest BCUT2D eigenvalue weighted by Crippen LogP contribution is -2.30. The minimum absolute atomic E-state index is 0.225. The van der Waals surface area contributed by atoms with E-state index in [2.05, 4.69) is 22.0 Å². The fourth-order valence-electron chi connectivity index (χ4n) is 1.33. The first kappa shape index (κ1) is 14.8. The van der Waals surface area contributed by atoms with Crippen LogP contribution in [0.1, 0.15) is 33.1 Å². The van der Waals surface area contributed by atoms with Crippen LogP contribution in [0.15, 0.2) is 4.99 Å². The van der Waals surface area contributed by atoms with Crippen LogP contribution < -0.4 is 5.32 Å². The van der Waals surface area contributed by atoms with Crippen molar-refractivity contribution in [3.8, 4) is 0 Å². The SMILES string of the molecule is CC1CCCCN1.CCOC(=O)CN=C=O. The molecule has 1 rings (SSSR count). The van der Waals surface area contributed by atoms with E-state index < -0.39 is 5.97 Å². The summed E-state index contributed by atoms with van der Waals surface area (Å²) in [6, 6.07) is 0.786. The van der Waals surface area contributed by atoms with E-state index in [0.717, 1.165) is 6.04 Å².